The van der Waals surface area contributed by atoms with E-state index in [1.807, 2.05) is 0 Å². The average Bonchev–Trinajstić information content (AvgIpc) is 3.36. The third-order valence-electron chi connectivity index (χ3n) is 8.72. The number of hydrogen-bond acceptors (Lipinski definition) is 2. The Labute approximate surface area is 211 Å². The molecular weight excluding hydrogens is 466 g/mol. The molecule has 1 unspecified atom stereocenters. The summed E-state index contributed by atoms with van der Waals surface area (Å²) in [4.78, 5) is 4.97. The van der Waals surface area contributed by atoms with Gasteiger partial charge in [-0.05, 0) is 66.7 Å². The van der Waals surface area contributed by atoms with Crippen LogP contribution < -0.4 is 0 Å². The lowest BCUT2D eigenvalue weighted by Gasteiger charge is -2.46. The number of aliphatic hydroxyl groups is 1. The Bertz CT molecular complexity index is 1070. The number of benzene rings is 1. The fraction of sp³-hybridized carbons (Fsp3) is 0.633. The molecule has 6 heteroatoms. The molecule has 1 heterocycles. The van der Waals surface area contributed by atoms with Crippen LogP contribution in [0.2, 0.25) is 0 Å². The first-order valence-corrected chi connectivity index (χ1v) is 13.6. The smallest absolute Gasteiger partial charge is 0.365 e. The maximum Gasteiger partial charge on any atom is 0.416 e. The second-order valence-corrected chi connectivity index (χ2v) is 12.1. The van der Waals surface area contributed by atoms with Crippen molar-refractivity contribution in [3.8, 4) is 0 Å². The largest absolute Gasteiger partial charge is 0.416 e. The Kier molecular flexibility index (Phi) is 6.72. The van der Waals surface area contributed by atoms with Crippen molar-refractivity contribution in [2.45, 2.75) is 103 Å². The summed E-state index contributed by atoms with van der Waals surface area (Å²) >= 11 is 0. The van der Waals surface area contributed by atoms with Gasteiger partial charge in [0, 0.05) is 29.2 Å². The standard InChI is InChI=1S/C30H37F4NO/c1-28(2)17-16-23-24(19-8-4-3-5-9-19)25(26(31)20-12-14-22(15-13-20)30(32,33)34)27(21-10-6-7-11-21)35-29(23,36)18-28/h12-16,19,21,26,36H,3-11,17-18H2,1-2H3/t26?,29-/m0/s1. The highest BCUT2D eigenvalue weighted by atomic mass is 19.4. The van der Waals surface area contributed by atoms with Crippen molar-refractivity contribution in [2.75, 3.05) is 0 Å². The Morgan fingerprint density at radius 2 is 1.50 bits per heavy atom. The van der Waals surface area contributed by atoms with E-state index in [2.05, 4.69) is 19.9 Å². The molecule has 2 saturated carbocycles. The summed E-state index contributed by atoms with van der Waals surface area (Å²) in [5.74, 6) is 0.203. The monoisotopic (exact) mass is 503 g/mol. The maximum absolute atomic E-state index is 16.7. The molecule has 0 aromatic heterocycles. The summed E-state index contributed by atoms with van der Waals surface area (Å²) < 4.78 is 56.2. The topological polar surface area (TPSA) is 32.6 Å². The van der Waals surface area contributed by atoms with Crippen LogP contribution in [-0.2, 0) is 6.18 Å². The lowest BCUT2D eigenvalue weighted by molar-refractivity contribution is -0.137. The van der Waals surface area contributed by atoms with Crippen LogP contribution >= 0.6 is 0 Å². The highest BCUT2D eigenvalue weighted by Crippen LogP contribution is 2.54. The molecule has 1 aromatic rings. The van der Waals surface area contributed by atoms with E-state index in [1.165, 1.54) is 12.1 Å². The van der Waals surface area contributed by atoms with Crippen LogP contribution in [-0.4, -0.2) is 16.5 Å². The van der Waals surface area contributed by atoms with Gasteiger partial charge in [0.2, 0.25) is 0 Å². The molecule has 0 amide bonds. The molecular formula is C30H37F4NO. The second-order valence-electron chi connectivity index (χ2n) is 12.1. The SMILES string of the molecule is CC1(C)CC=C2C(C3CCCCC3)=C(C(F)c3ccc(C(F)(F)F)cc3)C(C3CCCC3)=N[C@]2(O)C1. The fourth-order valence-corrected chi connectivity index (χ4v) is 6.96. The molecule has 1 aromatic carbocycles. The Hall–Kier alpha value is -1.95. The molecule has 4 aliphatic rings. The van der Waals surface area contributed by atoms with E-state index in [9.17, 15) is 18.3 Å². The van der Waals surface area contributed by atoms with Crippen molar-refractivity contribution in [2.24, 2.45) is 22.2 Å². The van der Waals surface area contributed by atoms with E-state index >= 15 is 4.39 Å². The lowest BCUT2D eigenvalue weighted by Crippen LogP contribution is -2.45. The molecule has 2 atom stereocenters. The molecule has 196 valence electrons. The van der Waals surface area contributed by atoms with Crippen molar-refractivity contribution < 1.29 is 22.7 Å². The first kappa shape index (κ1) is 25.7. The first-order valence-electron chi connectivity index (χ1n) is 13.6. The summed E-state index contributed by atoms with van der Waals surface area (Å²) in [7, 11) is 0. The summed E-state index contributed by atoms with van der Waals surface area (Å²) in [6.07, 6.45) is 6.33. The van der Waals surface area contributed by atoms with Crippen LogP contribution in [0.15, 0.2) is 52.1 Å². The molecule has 1 aliphatic heterocycles. The van der Waals surface area contributed by atoms with Gasteiger partial charge in [0.05, 0.1) is 5.56 Å². The Morgan fingerprint density at radius 1 is 0.917 bits per heavy atom. The van der Waals surface area contributed by atoms with Crippen LogP contribution in [0, 0.1) is 17.3 Å². The minimum atomic E-state index is -4.46. The third kappa shape index (κ3) is 4.82. The van der Waals surface area contributed by atoms with Gasteiger partial charge in [-0.3, -0.25) is 4.99 Å². The maximum atomic E-state index is 16.7. The Morgan fingerprint density at radius 3 is 2.11 bits per heavy atom. The number of allylic oxidation sites excluding steroid dienone is 2. The molecule has 2 nitrogen and oxygen atoms in total. The minimum absolute atomic E-state index is 0.0712. The van der Waals surface area contributed by atoms with E-state index in [-0.39, 0.29) is 22.8 Å². The van der Waals surface area contributed by atoms with Gasteiger partial charge < -0.3 is 5.11 Å². The van der Waals surface area contributed by atoms with Gasteiger partial charge in [-0.1, -0.05) is 64.2 Å². The number of rotatable bonds is 4. The second kappa shape index (κ2) is 9.41. The quantitative estimate of drug-likeness (QED) is 0.410. The third-order valence-corrected chi connectivity index (χ3v) is 8.72. The summed E-state index contributed by atoms with van der Waals surface area (Å²) in [6.45, 7) is 4.26. The van der Waals surface area contributed by atoms with Crippen LogP contribution in [0.1, 0.15) is 102 Å². The molecule has 2 fully saturated rings. The van der Waals surface area contributed by atoms with Crippen molar-refractivity contribution in [3.05, 3.63) is 58.2 Å². The minimum Gasteiger partial charge on any atom is -0.365 e. The zero-order valence-electron chi connectivity index (χ0n) is 21.3. The van der Waals surface area contributed by atoms with Gasteiger partial charge in [-0.25, -0.2) is 4.39 Å². The molecule has 3 aliphatic carbocycles. The number of halogens is 4. The van der Waals surface area contributed by atoms with Crippen molar-refractivity contribution in [1.82, 2.24) is 0 Å². The van der Waals surface area contributed by atoms with Crippen LogP contribution in [0.3, 0.4) is 0 Å². The number of fused-ring (bicyclic) bond motifs is 1. The van der Waals surface area contributed by atoms with Crippen molar-refractivity contribution in [1.29, 1.82) is 0 Å². The van der Waals surface area contributed by atoms with Crippen molar-refractivity contribution >= 4 is 5.71 Å². The molecule has 0 saturated heterocycles. The number of nitrogens with zero attached hydrogens (tertiary/aromatic N) is 1. The van der Waals surface area contributed by atoms with E-state index in [1.54, 1.807) is 0 Å². The van der Waals surface area contributed by atoms with Crippen molar-refractivity contribution in [3.63, 3.8) is 0 Å². The zero-order chi connectivity index (χ0) is 25.7. The van der Waals surface area contributed by atoms with Gasteiger partial charge >= 0.3 is 6.18 Å². The predicted octanol–water partition coefficient (Wildman–Crippen LogP) is 8.67. The molecule has 0 bridgehead atoms. The molecule has 0 radical (unpaired) electrons. The van der Waals surface area contributed by atoms with Crippen LogP contribution in [0.5, 0.6) is 0 Å². The molecule has 5 rings (SSSR count). The lowest BCUT2D eigenvalue weighted by atomic mass is 9.65. The van der Waals surface area contributed by atoms with Crippen LogP contribution in [0.4, 0.5) is 17.6 Å². The number of dihydropyridines is 1. The normalized spacial score (nSPS) is 28.5. The van der Waals surface area contributed by atoms with Gasteiger partial charge in [-0.2, -0.15) is 13.2 Å². The van der Waals surface area contributed by atoms with Gasteiger partial charge in [0.25, 0.3) is 0 Å². The highest BCUT2D eigenvalue weighted by molar-refractivity contribution is 6.06. The highest BCUT2D eigenvalue weighted by Gasteiger charge is 2.49. The number of aliphatic imine (C=N–C) groups is 1. The molecule has 36 heavy (non-hydrogen) atoms. The number of hydrogen-bond donors (Lipinski definition) is 1. The van der Waals surface area contributed by atoms with E-state index in [0.717, 1.165) is 87.5 Å². The summed E-state index contributed by atoms with van der Waals surface area (Å²) in [5, 5.41) is 12.0. The molecule has 0 spiro atoms. The summed E-state index contributed by atoms with van der Waals surface area (Å²) in [6, 6.07) is 4.47. The van der Waals surface area contributed by atoms with E-state index < -0.39 is 23.6 Å². The summed E-state index contributed by atoms with van der Waals surface area (Å²) in [5.41, 5.74) is 0.800. The van der Waals surface area contributed by atoms with Gasteiger partial charge in [0.15, 0.2) is 11.9 Å². The first-order chi connectivity index (χ1) is 17.0. The van der Waals surface area contributed by atoms with E-state index in [4.69, 9.17) is 4.99 Å². The van der Waals surface area contributed by atoms with Gasteiger partial charge in [-0.15, -0.1) is 0 Å². The average molecular weight is 504 g/mol. The predicted molar refractivity (Wildman–Crippen MR) is 134 cm³/mol. The number of alkyl halides is 4. The van der Waals surface area contributed by atoms with Gasteiger partial charge in [0.1, 0.15) is 0 Å². The van der Waals surface area contributed by atoms with Crippen LogP contribution in [0.25, 0.3) is 0 Å². The van der Waals surface area contributed by atoms with E-state index in [0.29, 0.717) is 17.7 Å². The molecule has 1 N–H and O–H groups in total. The zero-order valence-corrected chi connectivity index (χ0v) is 21.3. The Balaban J connectivity index is 1.68. The fourth-order valence-electron chi connectivity index (χ4n) is 6.96.